The minimum atomic E-state index is -0.836. The van der Waals surface area contributed by atoms with Crippen molar-refractivity contribution >= 4 is 34.3 Å². The lowest BCUT2D eigenvalue weighted by Gasteiger charge is -2.03. The van der Waals surface area contributed by atoms with Crippen molar-refractivity contribution < 1.29 is 19.6 Å². The second kappa shape index (κ2) is 8.49. The van der Waals surface area contributed by atoms with E-state index >= 15 is 0 Å². The Morgan fingerprint density at radius 3 is 2.72 bits per heavy atom. The molecule has 0 atom stereocenters. The molecule has 144 valence electrons. The number of imidazole rings is 1. The van der Waals surface area contributed by atoms with Crippen LogP contribution < -0.4 is 0 Å². The topological polar surface area (TPSA) is 142 Å². The first kappa shape index (κ1) is 19.3. The molecule has 29 heavy (non-hydrogen) atoms. The van der Waals surface area contributed by atoms with Crippen LogP contribution in [0.3, 0.4) is 0 Å². The van der Waals surface area contributed by atoms with Gasteiger partial charge >= 0.3 is 5.97 Å². The number of aromatic nitrogens is 2. The number of hydrogen-bond acceptors (Lipinski definition) is 7. The standard InChI is InChI=1S/C20H14N4O5/c21-11-14(20-22-15-6-2-3-7-16(15)23-20)18(25)12-29-19(26)10-9-13-5-1-4-8-17(13)24(27)28/h1-10,25H,12H2,(H,22,23)/b10-9+,18-14+. The number of nitrogens with zero attached hydrogens (tertiary/aromatic N) is 3. The quantitative estimate of drug-likeness (QED) is 0.164. The Hall–Kier alpha value is -4.45. The van der Waals surface area contributed by atoms with Crippen LogP contribution in [0.15, 0.2) is 60.4 Å². The van der Waals surface area contributed by atoms with Crippen LogP contribution in [0.4, 0.5) is 5.69 Å². The van der Waals surface area contributed by atoms with Crippen molar-refractivity contribution in [3.05, 3.63) is 81.9 Å². The molecule has 1 aromatic heterocycles. The third kappa shape index (κ3) is 4.45. The number of ether oxygens (including phenoxy) is 1. The molecule has 0 bridgehead atoms. The van der Waals surface area contributed by atoms with Gasteiger partial charge in [-0.1, -0.05) is 24.3 Å². The molecule has 0 unspecified atom stereocenters. The summed E-state index contributed by atoms with van der Waals surface area (Å²) in [4.78, 5) is 29.4. The van der Waals surface area contributed by atoms with E-state index in [1.54, 1.807) is 30.3 Å². The monoisotopic (exact) mass is 390 g/mol. The largest absolute Gasteiger partial charge is 0.507 e. The molecular formula is C20H14N4O5. The maximum atomic E-state index is 11.9. The third-order valence-corrected chi connectivity index (χ3v) is 3.91. The van der Waals surface area contributed by atoms with E-state index in [9.17, 15) is 25.3 Å². The maximum Gasteiger partial charge on any atom is 0.331 e. The number of rotatable bonds is 6. The minimum absolute atomic E-state index is 0.151. The Kier molecular flexibility index (Phi) is 5.66. The fraction of sp³-hybridized carbons (Fsp3) is 0.0500. The number of nitro benzene ring substituents is 1. The highest BCUT2D eigenvalue weighted by Gasteiger charge is 2.15. The van der Waals surface area contributed by atoms with Gasteiger partial charge in [0.15, 0.2) is 11.6 Å². The number of aliphatic hydroxyl groups is 1. The molecule has 3 aromatic rings. The molecular weight excluding hydrogens is 376 g/mol. The summed E-state index contributed by atoms with van der Waals surface area (Å²) in [5, 5.41) is 30.4. The van der Waals surface area contributed by atoms with Crippen molar-refractivity contribution in [2.24, 2.45) is 0 Å². The lowest BCUT2D eigenvalue weighted by atomic mass is 10.1. The van der Waals surface area contributed by atoms with Crippen molar-refractivity contribution in [3.63, 3.8) is 0 Å². The van der Waals surface area contributed by atoms with E-state index in [0.717, 1.165) is 6.08 Å². The average molecular weight is 390 g/mol. The second-order valence-electron chi connectivity index (χ2n) is 5.79. The summed E-state index contributed by atoms with van der Waals surface area (Å²) < 4.78 is 4.91. The first-order chi connectivity index (χ1) is 14.0. The average Bonchev–Trinajstić information content (AvgIpc) is 3.15. The van der Waals surface area contributed by atoms with Gasteiger partial charge in [0, 0.05) is 12.1 Å². The number of hydrogen-bond donors (Lipinski definition) is 2. The van der Waals surface area contributed by atoms with Gasteiger partial charge in [-0.05, 0) is 24.3 Å². The van der Waals surface area contributed by atoms with Crippen molar-refractivity contribution in [2.45, 2.75) is 0 Å². The van der Waals surface area contributed by atoms with Gasteiger partial charge in [0.25, 0.3) is 5.69 Å². The van der Waals surface area contributed by atoms with Crippen LogP contribution in [-0.2, 0) is 9.53 Å². The molecule has 2 N–H and O–H groups in total. The number of nitro groups is 1. The number of allylic oxidation sites excluding steroid dienone is 1. The van der Waals surface area contributed by atoms with Gasteiger partial charge in [0.1, 0.15) is 18.2 Å². The fourth-order valence-electron chi connectivity index (χ4n) is 2.54. The SMILES string of the molecule is N#C/C(=C(\O)COC(=O)/C=C/c1ccccc1[N+](=O)[O-])c1nc2ccccc2[nH]1. The number of aromatic amines is 1. The maximum absolute atomic E-state index is 11.9. The van der Waals surface area contributed by atoms with Crippen LogP contribution in [0.2, 0.25) is 0 Å². The summed E-state index contributed by atoms with van der Waals surface area (Å²) in [5.74, 6) is -1.16. The second-order valence-corrected chi connectivity index (χ2v) is 5.79. The smallest absolute Gasteiger partial charge is 0.331 e. The molecule has 9 nitrogen and oxygen atoms in total. The summed E-state index contributed by atoms with van der Waals surface area (Å²) >= 11 is 0. The molecule has 1 heterocycles. The molecule has 0 fully saturated rings. The number of fused-ring (bicyclic) bond motifs is 1. The molecule has 0 spiro atoms. The van der Waals surface area contributed by atoms with Crippen LogP contribution in [0.25, 0.3) is 22.7 Å². The molecule has 0 aliphatic heterocycles. The van der Waals surface area contributed by atoms with Crippen molar-refractivity contribution in [1.82, 2.24) is 9.97 Å². The number of carbonyl (C=O) groups excluding carboxylic acids is 1. The number of H-pyrrole nitrogens is 1. The number of nitriles is 1. The predicted octanol–water partition coefficient (Wildman–Crippen LogP) is 3.52. The fourth-order valence-corrected chi connectivity index (χ4v) is 2.54. The number of benzene rings is 2. The van der Waals surface area contributed by atoms with Crippen LogP contribution in [-0.4, -0.2) is 32.6 Å². The molecule has 0 saturated carbocycles. The lowest BCUT2D eigenvalue weighted by molar-refractivity contribution is -0.385. The highest BCUT2D eigenvalue weighted by atomic mass is 16.6. The zero-order valence-corrected chi connectivity index (χ0v) is 14.9. The van der Waals surface area contributed by atoms with Crippen molar-refractivity contribution in [2.75, 3.05) is 6.61 Å². The molecule has 2 aromatic carbocycles. The molecule has 0 radical (unpaired) electrons. The van der Waals surface area contributed by atoms with Gasteiger partial charge in [0.2, 0.25) is 0 Å². The van der Waals surface area contributed by atoms with E-state index in [4.69, 9.17) is 4.74 Å². The van der Waals surface area contributed by atoms with E-state index in [1.807, 2.05) is 6.07 Å². The molecule has 0 aliphatic rings. The first-order valence-electron chi connectivity index (χ1n) is 8.35. The predicted molar refractivity (Wildman–Crippen MR) is 104 cm³/mol. The van der Waals surface area contributed by atoms with Crippen LogP contribution in [0, 0.1) is 21.4 Å². The molecule has 0 aliphatic carbocycles. The number of carbonyl (C=O) groups is 1. The molecule has 0 saturated heterocycles. The van der Waals surface area contributed by atoms with Gasteiger partial charge in [-0.15, -0.1) is 0 Å². The summed E-state index contributed by atoms with van der Waals surface area (Å²) in [7, 11) is 0. The number of esters is 1. The van der Waals surface area contributed by atoms with Gasteiger partial charge in [-0.2, -0.15) is 5.26 Å². The zero-order valence-electron chi connectivity index (χ0n) is 14.9. The minimum Gasteiger partial charge on any atom is -0.507 e. The van der Waals surface area contributed by atoms with E-state index < -0.39 is 23.3 Å². The molecule has 3 rings (SSSR count). The zero-order chi connectivity index (χ0) is 20.8. The van der Waals surface area contributed by atoms with Gasteiger partial charge in [-0.3, -0.25) is 10.1 Å². The normalized spacial score (nSPS) is 11.8. The van der Waals surface area contributed by atoms with Crippen LogP contribution >= 0.6 is 0 Å². The van der Waals surface area contributed by atoms with E-state index in [1.165, 1.54) is 24.3 Å². The Bertz CT molecular complexity index is 1150. The molecule has 0 amide bonds. The number of aliphatic hydroxyl groups excluding tert-OH is 1. The number of nitrogens with one attached hydrogen (secondary N) is 1. The third-order valence-electron chi connectivity index (χ3n) is 3.91. The Morgan fingerprint density at radius 2 is 2.00 bits per heavy atom. The highest BCUT2D eigenvalue weighted by Crippen LogP contribution is 2.20. The van der Waals surface area contributed by atoms with Gasteiger partial charge in [0.05, 0.1) is 21.5 Å². The first-order valence-corrected chi connectivity index (χ1v) is 8.35. The van der Waals surface area contributed by atoms with Gasteiger partial charge < -0.3 is 14.8 Å². The molecule has 9 heteroatoms. The van der Waals surface area contributed by atoms with Crippen LogP contribution in [0.1, 0.15) is 11.4 Å². The van der Waals surface area contributed by atoms with Crippen molar-refractivity contribution in [3.8, 4) is 6.07 Å². The highest BCUT2D eigenvalue weighted by molar-refractivity contribution is 5.88. The summed E-state index contributed by atoms with van der Waals surface area (Å²) in [5.41, 5.74) is 1.22. The Labute approximate surface area is 164 Å². The van der Waals surface area contributed by atoms with Crippen molar-refractivity contribution in [1.29, 1.82) is 5.26 Å². The van der Waals surface area contributed by atoms with Gasteiger partial charge in [-0.25, -0.2) is 9.78 Å². The van der Waals surface area contributed by atoms with E-state index in [0.29, 0.717) is 11.0 Å². The lowest BCUT2D eigenvalue weighted by Crippen LogP contribution is -2.06. The van der Waals surface area contributed by atoms with E-state index in [-0.39, 0.29) is 22.6 Å². The summed E-state index contributed by atoms with van der Waals surface area (Å²) in [6, 6.07) is 14.8. The summed E-state index contributed by atoms with van der Waals surface area (Å²) in [6.45, 7) is -0.556. The Morgan fingerprint density at radius 1 is 1.28 bits per heavy atom. The van der Waals surface area contributed by atoms with Crippen LogP contribution in [0.5, 0.6) is 0 Å². The number of para-hydroxylation sites is 3. The Balaban J connectivity index is 1.71. The summed E-state index contributed by atoms with van der Waals surface area (Å²) in [6.07, 6.45) is 2.24. The van der Waals surface area contributed by atoms with E-state index in [2.05, 4.69) is 9.97 Å².